The molecule has 12 aromatic rings. The first-order valence-electron chi connectivity index (χ1n) is 22.5. The molecule has 0 aliphatic heterocycles. The van der Waals surface area contributed by atoms with Crippen LogP contribution in [0.15, 0.2) is 249 Å². The predicted molar refractivity (Wildman–Crippen MR) is 275 cm³/mol. The van der Waals surface area contributed by atoms with Crippen molar-refractivity contribution in [3.05, 3.63) is 249 Å². The minimum Gasteiger partial charge on any atom is -0.299 e. The van der Waals surface area contributed by atoms with Gasteiger partial charge in [0.15, 0.2) is 17.5 Å². The lowest BCUT2D eigenvalue weighted by atomic mass is 9.92. The molecule has 0 atom stereocenters. The topological polar surface area (TPSA) is 56.0 Å². The van der Waals surface area contributed by atoms with Gasteiger partial charge in [0.25, 0.3) is 0 Å². The highest BCUT2D eigenvalue weighted by molar-refractivity contribution is 5.98. The van der Waals surface area contributed by atoms with Gasteiger partial charge in [-0.05, 0) is 85.6 Å². The van der Waals surface area contributed by atoms with Crippen LogP contribution in [0.2, 0.25) is 0 Å². The third kappa shape index (κ3) is 7.75. The van der Waals surface area contributed by atoms with E-state index in [4.69, 9.17) is 19.9 Å². The maximum absolute atomic E-state index is 5.28. The Bertz CT molecular complexity index is 3590. The van der Waals surface area contributed by atoms with Gasteiger partial charge >= 0.3 is 0 Å². The summed E-state index contributed by atoms with van der Waals surface area (Å²) in [7, 11) is 0. The maximum Gasteiger partial charge on any atom is 0.164 e. The number of pyridine rings is 1. The number of rotatable bonds is 9. The van der Waals surface area contributed by atoms with Crippen LogP contribution in [0.4, 0.5) is 0 Å². The van der Waals surface area contributed by atoms with Gasteiger partial charge in [-0.1, -0.05) is 212 Å². The Labute approximate surface area is 389 Å². The summed E-state index contributed by atoms with van der Waals surface area (Å²) in [6.45, 7) is 0. The summed E-state index contributed by atoms with van der Waals surface area (Å²) in [5.74, 6) is 1.81. The Morgan fingerprint density at radius 3 is 1.31 bits per heavy atom. The largest absolute Gasteiger partial charge is 0.299 e. The Kier molecular flexibility index (Phi) is 10.1. The summed E-state index contributed by atoms with van der Waals surface area (Å²) >= 11 is 0. The molecule has 12 rings (SSSR count). The summed E-state index contributed by atoms with van der Waals surface area (Å²) in [5, 5.41) is 2.36. The van der Waals surface area contributed by atoms with E-state index in [0.717, 1.165) is 89.4 Å². The zero-order valence-electron chi connectivity index (χ0n) is 36.4. The average Bonchev–Trinajstić information content (AvgIpc) is 3.81. The molecule has 0 saturated carbocycles. The van der Waals surface area contributed by atoms with Crippen LogP contribution in [-0.4, -0.2) is 24.3 Å². The predicted octanol–water partition coefficient (Wildman–Crippen LogP) is 15.7. The van der Waals surface area contributed by atoms with Crippen molar-refractivity contribution in [3.8, 4) is 101 Å². The highest BCUT2D eigenvalue weighted by Gasteiger charge is 2.19. The van der Waals surface area contributed by atoms with Gasteiger partial charge in [-0.2, -0.15) is 0 Å². The van der Waals surface area contributed by atoms with Crippen LogP contribution in [0.5, 0.6) is 0 Å². The van der Waals surface area contributed by atoms with Crippen molar-refractivity contribution in [2.24, 2.45) is 0 Å². The van der Waals surface area contributed by atoms with Gasteiger partial charge in [0, 0.05) is 34.0 Å². The van der Waals surface area contributed by atoms with E-state index < -0.39 is 0 Å². The number of fused-ring (bicyclic) bond motifs is 2. The number of nitrogens with zero attached hydrogens (tertiary/aromatic N) is 5. The van der Waals surface area contributed by atoms with Gasteiger partial charge in [0.1, 0.15) is 5.65 Å². The number of hydrogen-bond donors (Lipinski definition) is 0. The van der Waals surface area contributed by atoms with Crippen LogP contribution in [0.3, 0.4) is 0 Å². The summed E-state index contributed by atoms with van der Waals surface area (Å²) < 4.78 is 2.18. The fourth-order valence-corrected chi connectivity index (χ4v) is 9.09. The molecule has 5 nitrogen and oxygen atoms in total. The highest BCUT2D eigenvalue weighted by Crippen LogP contribution is 2.39. The first kappa shape index (κ1) is 39.5. The Balaban J connectivity index is 1.02. The molecule has 5 heteroatoms. The van der Waals surface area contributed by atoms with Crippen LogP contribution in [0.1, 0.15) is 0 Å². The lowest BCUT2D eigenvalue weighted by Gasteiger charge is -2.14. The summed E-state index contributed by atoms with van der Waals surface area (Å²) in [4.78, 5) is 20.8. The normalized spacial score (nSPS) is 11.3. The summed E-state index contributed by atoms with van der Waals surface area (Å²) in [6.07, 6.45) is 2.09. The van der Waals surface area contributed by atoms with Gasteiger partial charge in [0.05, 0.1) is 11.4 Å². The first-order chi connectivity index (χ1) is 33.2. The van der Waals surface area contributed by atoms with E-state index in [9.17, 15) is 0 Å². The van der Waals surface area contributed by atoms with Gasteiger partial charge in [-0.15, -0.1) is 0 Å². The van der Waals surface area contributed by atoms with Crippen molar-refractivity contribution in [1.29, 1.82) is 0 Å². The molecule has 0 bridgehead atoms. The van der Waals surface area contributed by atoms with E-state index in [0.29, 0.717) is 17.5 Å². The fraction of sp³-hybridized carbons (Fsp3) is 0. The molecule has 3 aromatic heterocycles. The van der Waals surface area contributed by atoms with Crippen molar-refractivity contribution < 1.29 is 0 Å². The van der Waals surface area contributed by atoms with Crippen LogP contribution in [0, 0.1) is 0 Å². The van der Waals surface area contributed by atoms with Gasteiger partial charge in [-0.25, -0.2) is 19.9 Å². The van der Waals surface area contributed by atoms with Crippen LogP contribution >= 0.6 is 0 Å². The molecule has 314 valence electrons. The minimum atomic E-state index is 0.595. The number of benzene rings is 9. The van der Waals surface area contributed by atoms with Crippen LogP contribution in [-0.2, 0) is 0 Å². The smallest absolute Gasteiger partial charge is 0.164 e. The summed E-state index contributed by atoms with van der Waals surface area (Å²) in [6, 6.07) is 85.1. The van der Waals surface area contributed by atoms with Crippen molar-refractivity contribution in [3.63, 3.8) is 0 Å². The molecule has 3 heterocycles. The van der Waals surface area contributed by atoms with E-state index in [1.54, 1.807) is 0 Å². The van der Waals surface area contributed by atoms with Crippen LogP contribution < -0.4 is 0 Å². The third-order valence-corrected chi connectivity index (χ3v) is 12.5. The van der Waals surface area contributed by atoms with Crippen molar-refractivity contribution in [2.75, 3.05) is 0 Å². The van der Waals surface area contributed by atoms with Crippen molar-refractivity contribution >= 4 is 16.4 Å². The van der Waals surface area contributed by atoms with Gasteiger partial charge in [-0.3, -0.25) is 4.40 Å². The molecule has 0 N–H and O–H groups in total. The molecule has 0 fully saturated rings. The second-order valence-electron chi connectivity index (χ2n) is 16.7. The van der Waals surface area contributed by atoms with E-state index in [-0.39, 0.29) is 0 Å². The third-order valence-electron chi connectivity index (χ3n) is 12.5. The fourth-order valence-electron chi connectivity index (χ4n) is 9.09. The molecule has 0 amide bonds. The minimum absolute atomic E-state index is 0.595. The van der Waals surface area contributed by atoms with E-state index >= 15 is 0 Å². The van der Waals surface area contributed by atoms with Gasteiger partial charge in [0.2, 0.25) is 0 Å². The van der Waals surface area contributed by atoms with E-state index in [2.05, 4.69) is 229 Å². The molecule has 0 spiro atoms. The van der Waals surface area contributed by atoms with Crippen LogP contribution in [0.25, 0.3) is 118 Å². The highest BCUT2D eigenvalue weighted by atomic mass is 15.0. The zero-order valence-corrected chi connectivity index (χ0v) is 36.4. The lowest BCUT2D eigenvalue weighted by Crippen LogP contribution is -2.01. The number of imidazole rings is 1. The van der Waals surface area contributed by atoms with E-state index in [1.807, 2.05) is 24.3 Å². The maximum atomic E-state index is 5.28. The Hall–Kier alpha value is -9.06. The average molecular weight is 856 g/mol. The number of aromatic nitrogens is 5. The molecule has 9 aromatic carbocycles. The molecule has 0 saturated heterocycles. The second-order valence-corrected chi connectivity index (χ2v) is 16.7. The molecule has 67 heavy (non-hydrogen) atoms. The van der Waals surface area contributed by atoms with E-state index in [1.165, 1.54) is 10.8 Å². The van der Waals surface area contributed by atoms with Crippen molar-refractivity contribution in [1.82, 2.24) is 24.3 Å². The SMILES string of the molecule is c1ccc(-c2ccc(-c3nc(-c4ccc(-c5ccccc5)cc4)nc(-c4cc(-c5ccc(-c6c(-c7ccccc7)nc7ccccn67)cc5)cc(-c5cccc6ccccc56)c4)n3)cc2)cc1. The lowest BCUT2D eigenvalue weighted by molar-refractivity contribution is 1.07. The van der Waals surface area contributed by atoms with Crippen molar-refractivity contribution in [2.45, 2.75) is 0 Å². The Morgan fingerprint density at radius 2 is 0.701 bits per heavy atom. The zero-order chi connectivity index (χ0) is 44.5. The first-order valence-corrected chi connectivity index (χ1v) is 22.5. The summed E-state index contributed by atoms with van der Waals surface area (Å²) in [5.41, 5.74) is 16.7. The Morgan fingerprint density at radius 1 is 0.269 bits per heavy atom. The monoisotopic (exact) mass is 855 g/mol. The standard InChI is InChI=1S/C62H41N5/c1-4-15-42(16-5-1)44-28-34-50(35-29-44)60-64-61(51-36-30-45(31-37-51)43-17-6-2-7-18-43)66-62(65-60)54-40-52(39-53(41-54)56-24-14-22-47-19-10-11-23-55(47)56)46-26-32-49(33-27-46)59-58(48-20-8-3-9-21-48)63-57-25-12-13-38-67(57)59/h1-41H. The quantitative estimate of drug-likeness (QED) is 0.145. The molecular weight excluding hydrogens is 815 g/mol. The molecule has 0 aliphatic carbocycles. The molecule has 0 radical (unpaired) electrons. The molecular formula is C62H41N5. The second kappa shape index (κ2) is 17.1. The number of hydrogen-bond acceptors (Lipinski definition) is 4. The molecule has 0 aliphatic rings. The molecule has 0 unspecified atom stereocenters. The van der Waals surface area contributed by atoms with Gasteiger partial charge < -0.3 is 0 Å².